The van der Waals surface area contributed by atoms with Crippen molar-refractivity contribution < 1.29 is 24.2 Å². The van der Waals surface area contributed by atoms with Crippen molar-refractivity contribution >= 4 is 33.9 Å². The highest BCUT2D eigenvalue weighted by Crippen LogP contribution is 2.28. The molecular weight excluding hydrogens is 479 g/mol. The van der Waals surface area contributed by atoms with E-state index in [1.807, 2.05) is 41.0 Å². The first-order valence-electron chi connectivity index (χ1n) is 12.1. The summed E-state index contributed by atoms with van der Waals surface area (Å²) >= 11 is 0. The fraction of sp³-hybridized carbons (Fsp3) is 0.296. The number of fused-ring (bicyclic) bond motifs is 2. The Kier molecular flexibility index (Phi) is 8.19. The average molecular weight is 509 g/mol. The average Bonchev–Trinajstić information content (AvgIpc) is 3.43. The predicted molar refractivity (Wildman–Crippen MR) is 138 cm³/mol. The molecule has 0 amide bonds. The number of benzene rings is 2. The van der Waals surface area contributed by atoms with Crippen LogP contribution in [-0.4, -0.2) is 60.8 Å². The molecule has 10 heteroatoms. The van der Waals surface area contributed by atoms with Gasteiger partial charge in [0.2, 0.25) is 0 Å². The molecular formula is C27H29FN4O5. The van der Waals surface area contributed by atoms with Gasteiger partial charge in [0.1, 0.15) is 5.82 Å². The van der Waals surface area contributed by atoms with Crippen molar-refractivity contribution in [2.45, 2.75) is 31.8 Å². The maximum atomic E-state index is 13.4. The maximum absolute atomic E-state index is 13.4. The van der Waals surface area contributed by atoms with Gasteiger partial charge in [0.15, 0.2) is 0 Å². The van der Waals surface area contributed by atoms with Gasteiger partial charge in [0.05, 0.1) is 11.0 Å². The van der Waals surface area contributed by atoms with E-state index in [1.54, 1.807) is 12.1 Å². The Bertz CT molecular complexity index is 1460. The van der Waals surface area contributed by atoms with Crippen molar-refractivity contribution in [2.24, 2.45) is 0 Å². The van der Waals surface area contributed by atoms with E-state index in [9.17, 15) is 18.8 Å². The van der Waals surface area contributed by atoms with Gasteiger partial charge in [-0.1, -0.05) is 12.1 Å². The molecule has 1 fully saturated rings. The number of carbonyl (C=O) groups is 2. The number of piperidine rings is 1. The van der Waals surface area contributed by atoms with Crippen LogP contribution in [0, 0.1) is 5.82 Å². The van der Waals surface area contributed by atoms with Gasteiger partial charge in [0, 0.05) is 54.9 Å². The molecule has 1 saturated heterocycles. The van der Waals surface area contributed by atoms with Crippen LogP contribution < -0.4 is 5.69 Å². The highest BCUT2D eigenvalue weighted by atomic mass is 19.1. The minimum Gasteiger partial charge on any atom is -0.478 e. The molecule has 4 aromatic rings. The fourth-order valence-corrected chi connectivity index (χ4v) is 4.80. The number of halogens is 1. The molecule has 3 N–H and O–H groups in total. The van der Waals surface area contributed by atoms with Crippen LogP contribution in [-0.2, 0) is 16.1 Å². The predicted octanol–water partition coefficient (Wildman–Crippen LogP) is 3.86. The highest BCUT2D eigenvalue weighted by Gasteiger charge is 2.21. The van der Waals surface area contributed by atoms with Crippen LogP contribution in [0.5, 0.6) is 0 Å². The van der Waals surface area contributed by atoms with E-state index in [0.717, 1.165) is 67.4 Å². The Balaban J connectivity index is 0.000000349. The van der Waals surface area contributed by atoms with E-state index < -0.39 is 11.9 Å². The molecule has 0 aliphatic carbocycles. The second-order valence-electron chi connectivity index (χ2n) is 8.96. The van der Waals surface area contributed by atoms with E-state index in [-0.39, 0.29) is 11.5 Å². The third kappa shape index (κ3) is 6.53. The van der Waals surface area contributed by atoms with Crippen LogP contribution in [0.4, 0.5) is 4.39 Å². The number of hydrogen-bond acceptors (Lipinski definition) is 4. The largest absolute Gasteiger partial charge is 0.478 e. The molecule has 9 nitrogen and oxygen atoms in total. The zero-order valence-corrected chi connectivity index (χ0v) is 20.2. The summed E-state index contributed by atoms with van der Waals surface area (Å²) in [6.07, 6.45) is 6.35. The lowest BCUT2D eigenvalue weighted by atomic mass is 10.0. The Morgan fingerprint density at radius 1 is 0.973 bits per heavy atom. The molecule has 3 heterocycles. The maximum Gasteiger partial charge on any atom is 0.328 e. The lowest BCUT2D eigenvalue weighted by Gasteiger charge is -2.33. The summed E-state index contributed by atoms with van der Waals surface area (Å²) in [4.78, 5) is 36.7. The number of rotatable bonds is 7. The number of likely N-dealkylation sites (tertiary alicyclic amines) is 1. The number of para-hydroxylation sites is 2. The minimum absolute atomic E-state index is 0.0270. The Hall–Kier alpha value is -4.18. The molecule has 0 spiro atoms. The molecule has 37 heavy (non-hydrogen) atoms. The third-order valence-corrected chi connectivity index (χ3v) is 6.54. The number of aromatic amines is 1. The number of aliphatic carboxylic acids is 2. The molecule has 0 radical (unpaired) electrons. The van der Waals surface area contributed by atoms with E-state index in [0.29, 0.717) is 18.2 Å². The first-order valence-corrected chi connectivity index (χ1v) is 12.1. The van der Waals surface area contributed by atoms with Crippen molar-refractivity contribution in [1.29, 1.82) is 0 Å². The van der Waals surface area contributed by atoms with Gasteiger partial charge in [-0.15, -0.1) is 0 Å². The van der Waals surface area contributed by atoms with E-state index >= 15 is 0 Å². The second kappa shape index (κ2) is 11.7. The normalized spacial score (nSPS) is 14.7. The van der Waals surface area contributed by atoms with Gasteiger partial charge >= 0.3 is 17.6 Å². The molecule has 5 rings (SSSR count). The van der Waals surface area contributed by atoms with Crippen molar-refractivity contribution in [3.05, 3.63) is 83.2 Å². The van der Waals surface area contributed by atoms with Crippen molar-refractivity contribution in [2.75, 3.05) is 19.6 Å². The standard InChI is InChI=1S/C23H25FN4O.C4H4O4/c24-18-6-7-21-17(16-18)8-15-27(21)19-9-13-26(14-10-19)11-3-12-28-22-5-2-1-4-20(22)25-23(28)29;5-3(6)1-2-4(7)8/h1-2,4-8,15-16,19H,3,9-14H2,(H,25,29);1-2H,(H,5,6)(H,7,8)/b;2-1+. The molecule has 0 unspecified atom stereocenters. The van der Waals surface area contributed by atoms with Gasteiger partial charge < -0.3 is 24.7 Å². The number of imidazole rings is 1. The smallest absolute Gasteiger partial charge is 0.328 e. The third-order valence-electron chi connectivity index (χ3n) is 6.54. The van der Waals surface area contributed by atoms with Crippen LogP contribution in [0.1, 0.15) is 25.3 Å². The van der Waals surface area contributed by atoms with Crippen LogP contribution >= 0.6 is 0 Å². The first-order chi connectivity index (χ1) is 17.8. The number of hydrogen-bond donors (Lipinski definition) is 3. The Morgan fingerprint density at radius 2 is 1.68 bits per heavy atom. The van der Waals surface area contributed by atoms with Gasteiger partial charge in [-0.05, 0) is 62.2 Å². The number of aryl methyl sites for hydroxylation is 1. The molecule has 0 atom stereocenters. The molecule has 1 aliphatic rings. The van der Waals surface area contributed by atoms with Gasteiger partial charge in [0.25, 0.3) is 0 Å². The fourth-order valence-electron chi connectivity index (χ4n) is 4.80. The Labute approximate surface area is 212 Å². The van der Waals surface area contributed by atoms with E-state index in [4.69, 9.17) is 10.2 Å². The monoisotopic (exact) mass is 508 g/mol. The summed E-state index contributed by atoms with van der Waals surface area (Å²) in [5.74, 6) is -2.70. The van der Waals surface area contributed by atoms with Crippen molar-refractivity contribution in [3.63, 3.8) is 0 Å². The van der Waals surface area contributed by atoms with Gasteiger partial charge in [-0.3, -0.25) is 4.57 Å². The number of nitrogens with one attached hydrogen (secondary N) is 1. The van der Waals surface area contributed by atoms with Crippen LogP contribution in [0.15, 0.2) is 71.7 Å². The summed E-state index contributed by atoms with van der Waals surface area (Å²) in [5, 5.41) is 16.6. The van der Waals surface area contributed by atoms with Crippen molar-refractivity contribution in [3.8, 4) is 0 Å². The Morgan fingerprint density at radius 3 is 2.38 bits per heavy atom. The summed E-state index contributed by atoms with van der Waals surface area (Å²) in [6, 6.07) is 15.3. The number of carboxylic acid groups (broad SMARTS) is 2. The quantitative estimate of drug-likeness (QED) is 0.326. The van der Waals surface area contributed by atoms with E-state index in [2.05, 4.69) is 20.6 Å². The highest BCUT2D eigenvalue weighted by molar-refractivity contribution is 5.89. The van der Waals surface area contributed by atoms with Crippen LogP contribution in [0.2, 0.25) is 0 Å². The summed E-state index contributed by atoms with van der Waals surface area (Å²) in [5.41, 5.74) is 2.97. The molecule has 0 bridgehead atoms. The first kappa shape index (κ1) is 25.9. The van der Waals surface area contributed by atoms with Gasteiger partial charge in [-0.2, -0.15) is 0 Å². The number of nitrogens with zero attached hydrogens (tertiary/aromatic N) is 3. The topological polar surface area (TPSA) is 121 Å². The molecule has 194 valence electrons. The van der Waals surface area contributed by atoms with Crippen LogP contribution in [0.3, 0.4) is 0 Å². The van der Waals surface area contributed by atoms with Crippen molar-refractivity contribution in [1.82, 2.24) is 19.0 Å². The summed E-state index contributed by atoms with van der Waals surface area (Å²) < 4.78 is 17.6. The summed E-state index contributed by atoms with van der Waals surface area (Å²) in [6.45, 7) is 3.83. The number of H-pyrrole nitrogens is 1. The molecule has 2 aromatic heterocycles. The molecule has 2 aromatic carbocycles. The van der Waals surface area contributed by atoms with E-state index in [1.165, 1.54) is 0 Å². The zero-order valence-electron chi connectivity index (χ0n) is 20.2. The molecule has 0 saturated carbocycles. The molecule has 1 aliphatic heterocycles. The minimum atomic E-state index is -1.26. The van der Waals surface area contributed by atoms with Crippen LogP contribution in [0.25, 0.3) is 21.9 Å². The second-order valence-corrected chi connectivity index (χ2v) is 8.96. The lowest BCUT2D eigenvalue weighted by Crippen LogP contribution is -2.35. The SMILES string of the molecule is O=C(O)/C=C/C(=O)O.O=c1[nH]c2ccccc2n1CCCN1CCC(n2ccc3cc(F)ccc32)CC1. The zero-order chi connectivity index (χ0) is 26.4. The number of aromatic nitrogens is 3. The lowest BCUT2D eigenvalue weighted by molar-refractivity contribution is -0.134. The summed E-state index contributed by atoms with van der Waals surface area (Å²) in [7, 11) is 0. The van der Waals surface area contributed by atoms with Gasteiger partial charge in [-0.25, -0.2) is 18.8 Å². The number of carboxylic acids is 2.